The molecule has 0 N–H and O–H groups in total. The Hall–Kier alpha value is -2.08. The summed E-state index contributed by atoms with van der Waals surface area (Å²) >= 11 is 0. The van der Waals surface area contributed by atoms with Crippen LogP contribution in [0.5, 0.6) is 5.75 Å². The van der Waals surface area contributed by atoms with Crippen molar-refractivity contribution in [3.05, 3.63) is 42.0 Å². The van der Waals surface area contributed by atoms with Gasteiger partial charge in [0.25, 0.3) is 0 Å². The Labute approximate surface area is 95.0 Å². The van der Waals surface area contributed by atoms with E-state index in [1.807, 2.05) is 6.07 Å². The number of ether oxygens (including phenoxy) is 1. The van der Waals surface area contributed by atoms with Crippen LogP contribution in [0.4, 0.5) is 0 Å². The molecule has 1 aromatic rings. The van der Waals surface area contributed by atoms with Gasteiger partial charge in [0.1, 0.15) is 5.75 Å². The topological polar surface area (TPSA) is 50.1 Å². The molecule has 0 aliphatic carbocycles. The van der Waals surface area contributed by atoms with E-state index in [2.05, 4.69) is 6.58 Å². The Morgan fingerprint density at radius 3 is 2.94 bits per heavy atom. The lowest BCUT2D eigenvalue weighted by Gasteiger charge is -2.08. The highest BCUT2D eigenvalue weighted by atomic mass is 16.5. The van der Waals surface area contributed by atoms with Crippen LogP contribution >= 0.6 is 0 Å². The van der Waals surface area contributed by atoms with Crippen molar-refractivity contribution in [1.29, 1.82) is 5.26 Å². The Bertz CT molecular complexity index is 444. The summed E-state index contributed by atoms with van der Waals surface area (Å²) in [6.45, 7) is 5.51. The average Bonchev–Trinajstić information content (AvgIpc) is 2.29. The van der Waals surface area contributed by atoms with Gasteiger partial charge in [-0.1, -0.05) is 6.08 Å². The fraction of sp³-hybridized carbons (Fsp3) is 0.231. The largest absolute Gasteiger partial charge is 0.492 e. The number of carbonyl (C=O) groups is 1. The molecule has 1 rings (SSSR count). The third kappa shape index (κ3) is 2.96. The van der Waals surface area contributed by atoms with Gasteiger partial charge in [0.05, 0.1) is 23.8 Å². The van der Waals surface area contributed by atoms with Crippen LogP contribution in [0.25, 0.3) is 0 Å². The van der Waals surface area contributed by atoms with Gasteiger partial charge in [-0.05, 0) is 31.5 Å². The zero-order chi connectivity index (χ0) is 12.0. The molecule has 3 heteroatoms. The summed E-state index contributed by atoms with van der Waals surface area (Å²) < 4.78 is 5.44. The van der Waals surface area contributed by atoms with Crippen LogP contribution in [0, 0.1) is 11.3 Å². The summed E-state index contributed by atoms with van der Waals surface area (Å²) in [7, 11) is 0. The Balaban J connectivity index is 2.96. The van der Waals surface area contributed by atoms with Crippen LogP contribution < -0.4 is 4.74 Å². The number of rotatable bonds is 5. The van der Waals surface area contributed by atoms with E-state index in [4.69, 9.17) is 10.00 Å². The first kappa shape index (κ1) is 12.0. The molecular formula is C13H13NO2. The van der Waals surface area contributed by atoms with Crippen molar-refractivity contribution in [2.24, 2.45) is 0 Å². The van der Waals surface area contributed by atoms with Crippen molar-refractivity contribution < 1.29 is 9.53 Å². The van der Waals surface area contributed by atoms with E-state index < -0.39 is 0 Å². The molecule has 0 bridgehead atoms. The molecule has 0 spiro atoms. The minimum atomic E-state index is -0.0712. The SMILES string of the molecule is C=CCCOc1cc(C#N)ccc1C(C)=O. The number of hydrogen-bond acceptors (Lipinski definition) is 3. The average molecular weight is 215 g/mol. The second-order valence-electron chi connectivity index (χ2n) is 3.30. The highest BCUT2D eigenvalue weighted by Crippen LogP contribution is 2.21. The normalized spacial score (nSPS) is 9.25. The van der Waals surface area contributed by atoms with Gasteiger partial charge in [-0.15, -0.1) is 6.58 Å². The Morgan fingerprint density at radius 1 is 1.62 bits per heavy atom. The van der Waals surface area contributed by atoms with Gasteiger partial charge in [-0.25, -0.2) is 0 Å². The predicted octanol–water partition coefficient (Wildman–Crippen LogP) is 2.72. The molecular weight excluding hydrogens is 202 g/mol. The molecule has 0 amide bonds. The van der Waals surface area contributed by atoms with Crippen molar-refractivity contribution >= 4 is 5.78 Å². The quantitative estimate of drug-likeness (QED) is 0.431. The standard InChI is InChI=1S/C13H13NO2/c1-3-4-7-16-13-8-11(9-14)5-6-12(13)10(2)15/h3,5-6,8H,1,4,7H2,2H3. The Morgan fingerprint density at radius 2 is 2.38 bits per heavy atom. The molecule has 0 unspecified atom stereocenters. The van der Waals surface area contributed by atoms with Gasteiger partial charge >= 0.3 is 0 Å². The zero-order valence-electron chi connectivity index (χ0n) is 9.19. The first-order valence-electron chi connectivity index (χ1n) is 4.98. The van der Waals surface area contributed by atoms with Gasteiger partial charge in [0.15, 0.2) is 5.78 Å². The van der Waals surface area contributed by atoms with Gasteiger partial charge in [0, 0.05) is 0 Å². The maximum absolute atomic E-state index is 11.3. The summed E-state index contributed by atoms with van der Waals surface area (Å²) in [5.74, 6) is 0.395. The van der Waals surface area contributed by atoms with Crippen LogP contribution in [-0.2, 0) is 0 Å². The summed E-state index contributed by atoms with van der Waals surface area (Å²) in [6, 6.07) is 6.82. The molecule has 0 saturated carbocycles. The molecule has 3 nitrogen and oxygen atoms in total. The number of nitrogens with zero attached hydrogens (tertiary/aromatic N) is 1. The maximum Gasteiger partial charge on any atom is 0.163 e. The summed E-state index contributed by atoms with van der Waals surface area (Å²) in [4.78, 5) is 11.3. The lowest BCUT2D eigenvalue weighted by Crippen LogP contribution is -2.02. The molecule has 0 aliphatic rings. The first-order valence-corrected chi connectivity index (χ1v) is 4.98. The van der Waals surface area contributed by atoms with E-state index >= 15 is 0 Å². The summed E-state index contributed by atoms with van der Waals surface area (Å²) in [5.41, 5.74) is 0.988. The minimum Gasteiger partial charge on any atom is -0.492 e. The van der Waals surface area contributed by atoms with E-state index in [-0.39, 0.29) is 5.78 Å². The smallest absolute Gasteiger partial charge is 0.163 e. The van der Waals surface area contributed by atoms with E-state index in [0.29, 0.717) is 29.9 Å². The van der Waals surface area contributed by atoms with Crippen LogP contribution in [0.1, 0.15) is 29.3 Å². The monoisotopic (exact) mass is 215 g/mol. The third-order valence-corrected chi connectivity index (χ3v) is 2.07. The van der Waals surface area contributed by atoms with Gasteiger partial charge in [0.2, 0.25) is 0 Å². The number of Topliss-reactive ketones (excluding diaryl/α,β-unsaturated/α-hetero) is 1. The van der Waals surface area contributed by atoms with E-state index in [1.165, 1.54) is 6.92 Å². The van der Waals surface area contributed by atoms with Gasteiger partial charge < -0.3 is 4.74 Å². The fourth-order valence-electron chi connectivity index (χ4n) is 1.25. The number of benzene rings is 1. The lowest BCUT2D eigenvalue weighted by molar-refractivity contribution is 0.101. The maximum atomic E-state index is 11.3. The molecule has 16 heavy (non-hydrogen) atoms. The molecule has 0 aliphatic heterocycles. The molecule has 0 radical (unpaired) electrons. The number of hydrogen-bond donors (Lipinski definition) is 0. The van der Waals surface area contributed by atoms with Crippen LogP contribution in [0.3, 0.4) is 0 Å². The van der Waals surface area contributed by atoms with E-state index in [1.54, 1.807) is 24.3 Å². The van der Waals surface area contributed by atoms with Crippen molar-refractivity contribution in [2.75, 3.05) is 6.61 Å². The van der Waals surface area contributed by atoms with Crippen molar-refractivity contribution in [2.45, 2.75) is 13.3 Å². The number of carbonyl (C=O) groups excluding carboxylic acids is 1. The summed E-state index contributed by atoms with van der Waals surface area (Å²) in [5, 5.41) is 8.76. The van der Waals surface area contributed by atoms with Crippen molar-refractivity contribution in [3.8, 4) is 11.8 Å². The lowest BCUT2D eigenvalue weighted by atomic mass is 10.1. The highest BCUT2D eigenvalue weighted by Gasteiger charge is 2.09. The molecule has 1 aromatic carbocycles. The Kier molecular flexibility index (Phi) is 4.28. The molecule has 0 heterocycles. The van der Waals surface area contributed by atoms with E-state index in [9.17, 15) is 4.79 Å². The molecule has 0 atom stereocenters. The van der Waals surface area contributed by atoms with Crippen LogP contribution in [0.2, 0.25) is 0 Å². The number of ketones is 1. The first-order chi connectivity index (χ1) is 7.69. The van der Waals surface area contributed by atoms with E-state index in [0.717, 1.165) is 0 Å². The third-order valence-electron chi connectivity index (χ3n) is 2.07. The highest BCUT2D eigenvalue weighted by molar-refractivity contribution is 5.97. The predicted molar refractivity (Wildman–Crippen MR) is 61.5 cm³/mol. The summed E-state index contributed by atoms with van der Waals surface area (Å²) in [6.07, 6.45) is 2.44. The molecule has 82 valence electrons. The fourth-order valence-corrected chi connectivity index (χ4v) is 1.25. The molecule has 0 fully saturated rings. The van der Waals surface area contributed by atoms with Gasteiger partial charge in [-0.2, -0.15) is 5.26 Å². The second kappa shape index (κ2) is 5.72. The molecule has 0 aromatic heterocycles. The minimum absolute atomic E-state index is 0.0712. The number of nitriles is 1. The van der Waals surface area contributed by atoms with Crippen LogP contribution in [-0.4, -0.2) is 12.4 Å². The van der Waals surface area contributed by atoms with Crippen LogP contribution in [0.15, 0.2) is 30.9 Å². The second-order valence-corrected chi connectivity index (χ2v) is 3.30. The van der Waals surface area contributed by atoms with Crippen molar-refractivity contribution in [1.82, 2.24) is 0 Å². The molecule has 0 saturated heterocycles. The van der Waals surface area contributed by atoms with Gasteiger partial charge in [-0.3, -0.25) is 4.79 Å². The zero-order valence-corrected chi connectivity index (χ0v) is 9.19. The van der Waals surface area contributed by atoms with Crippen molar-refractivity contribution in [3.63, 3.8) is 0 Å².